The number of aromatic nitrogens is 1. The van der Waals surface area contributed by atoms with E-state index in [-0.39, 0.29) is 18.2 Å². The predicted molar refractivity (Wildman–Crippen MR) is 102 cm³/mol. The average molecular weight is 385 g/mol. The Hall–Kier alpha value is -3.16. The molecule has 148 valence electrons. The summed E-state index contributed by atoms with van der Waals surface area (Å²) in [6.07, 6.45) is 2.03. The van der Waals surface area contributed by atoms with Gasteiger partial charge in [-0.3, -0.25) is 19.4 Å². The van der Waals surface area contributed by atoms with Crippen molar-refractivity contribution in [2.75, 3.05) is 16.9 Å². The smallest absolute Gasteiger partial charge is 0.337 e. The van der Waals surface area contributed by atoms with Gasteiger partial charge in [-0.25, -0.2) is 4.79 Å². The molecule has 1 fully saturated rings. The molecule has 2 heterocycles. The second kappa shape index (κ2) is 7.46. The van der Waals surface area contributed by atoms with Crippen LogP contribution in [0.3, 0.4) is 0 Å². The van der Waals surface area contributed by atoms with E-state index in [0.717, 1.165) is 0 Å². The van der Waals surface area contributed by atoms with E-state index in [2.05, 4.69) is 5.16 Å². The Balaban J connectivity index is 1.98. The van der Waals surface area contributed by atoms with E-state index in [1.165, 1.54) is 23.2 Å². The molecule has 0 N–H and O–H groups in total. The summed E-state index contributed by atoms with van der Waals surface area (Å²) in [5.74, 6) is -0.541. The van der Waals surface area contributed by atoms with Crippen LogP contribution < -0.4 is 9.80 Å². The minimum absolute atomic E-state index is 0.172. The van der Waals surface area contributed by atoms with E-state index in [1.807, 2.05) is 20.8 Å². The van der Waals surface area contributed by atoms with Crippen LogP contribution in [0.25, 0.3) is 0 Å². The molecular formula is C20H23N3O5. The summed E-state index contributed by atoms with van der Waals surface area (Å²) in [5.41, 5.74) is 0.229. The van der Waals surface area contributed by atoms with Gasteiger partial charge in [0.05, 0.1) is 12.7 Å². The highest BCUT2D eigenvalue weighted by Gasteiger charge is 2.43. The zero-order valence-electron chi connectivity index (χ0n) is 16.3. The number of amides is 2. The first-order chi connectivity index (χ1) is 13.2. The maximum atomic E-state index is 13.5. The van der Waals surface area contributed by atoms with Gasteiger partial charge in [0.15, 0.2) is 5.82 Å². The molecule has 8 nitrogen and oxygen atoms in total. The van der Waals surface area contributed by atoms with E-state index >= 15 is 0 Å². The van der Waals surface area contributed by atoms with Crippen LogP contribution in [-0.2, 0) is 14.3 Å². The molecule has 1 aromatic heterocycles. The van der Waals surface area contributed by atoms with Crippen molar-refractivity contribution in [3.63, 3.8) is 0 Å². The molecule has 2 amide bonds. The average Bonchev–Trinajstić information content (AvgIpc) is 3.29. The molecule has 1 aliphatic rings. The molecule has 1 atom stereocenters. The summed E-state index contributed by atoms with van der Waals surface area (Å²) in [4.78, 5) is 40.9. The molecule has 0 spiro atoms. The van der Waals surface area contributed by atoms with Gasteiger partial charge in [0.25, 0.3) is 5.91 Å². The number of benzene rings is 1. The number of methoxy groups -OCH3 is 1. The summed E-state index contributed by atoms with van der Waals surface area (Å²) >= 11 is 0. The van der Waals surface area contributed by atoms with Crippen molar-refractivity contribution in [1.82, 2.24) is 5.16 Å². The van der Waals surface area contributed by atoms with E-state index in [1.54, 1.807) is 30.3 Å². The number of carbonyl (C=O) groups excluding carboxylic acids is 3. The summed E-state index contributed by atoms with van der Waals surface area (Å²) in [6, 6.07) is 7.44. The summed E-state index contributed by atoms with van der Waals surface area (Å²) < 4.78 is 9.67. The highest BCUT2D eigenvalue weighted by molar-refractivity contribution is 6.09. The van der Waals surface area contributed by atoms with E-state index < -0.39 is 17.6 Å². The molecular weight excluding hydrogens is 362 g/mol. The largest absolute Gasteiger partial charge is 0.465 e. The molecule has 1 aliphatic heterocycles. The molecule has 8 heteroatoms. The van der Waals surface area contributed by atoms with Crippen molar-refractivity contribution in [3.05, 3.63) is 42.2 Å². The highest BCUT2D eigenvalue weighted by atomic mass is 16.5. The van der Waals surface area contributed by atoms with Crippen LogP contribution in [0.1, 0.15) is 44.0 Å². The SMILES string of the molecule is COC(=O)c1cccc(N2C(=O)CCC2C(=O)N(c2ccon2)C(C)(C)C)c1. The summed E-state index contributed by atoms with van der Waals surface area (Å²) in [5, 5.41) is 3.91. The van der Waals surface area contributed by atoms with Gasteiger partial charge in [0, 0.05) is 23.7 Å². The van der Waals surface area contributed by atoms with Gasteiger partial charge < -0.3 is 9.26 Å². The number of hydrogen-bond donors (Lipinski definition) is 0. The molecule has 1 saturated heterocycles. The Morgan fingerprint density at radius 1 is 1.29 bits per heavy atom. The second-order valence-corrected chi connectivity index (χ2v) is 7.56. The van der Waals surface area contributed by atoms with Gasteiger partial charge >= 0.3 is 5.97 Å². The lowest BCUT2D eigenvalue weighted by Gasteiger charge is -2.37. The Labute approximate surface area is 163 Å². The zero-order valence-corrected chi connectivity index (χ0v) is 16.3. The first-order valence-electron chi connectivity index (χ1n) is 8.99. The van der Waals surface area contributed by atoms with Crippen LogP contribution in [0, 0.1) is 0 Å². The maximum absolute atomic E-state index is 13.5. The molecule has 1 aromatic carbocycles. The maximum Gasteiger partial charge on any atom is 0.337 e. The van der Waals surface area contributed by atoms with Gasteiger partial charge in [-0.1, -0.05) is 11.2 Å². The Kier molecular flexibility index (Phi) is 5.22. The predicted octanol–water partition coefficient (Wildman–Crippen LogP) is 2.79. The van der Waals surface area contributed by atoms with E-state index in [0.29, 0.717) is 23.5 Å². The van der Waals surface area contributed by atoms with Crippen LogP contribution in [0.4, 0.5) is 11.5 Å². The fourth-order valence-electron chi connectivity index (χ4n) is 3.40. The van der Waals surface area contributed by atoms with Crippen LogP contribution in [0.15, 0.2) is 41.1 Å². The van der Waals surface area contributed by atoms with E-state index in [9.17, 15) is 14.4 Å². The van der Waals surface area contributed by atoms with Crippen molar-refractivity contribution < 1.29 is 23.6 Å². The Morgan fingerprint density at radius 3 is 2.64 bits per heavy atom. The number of ether oxygens (including phenoxy) is 1. The molecule has 0 aliphatic carbocycles. The topological polar surface area (TPSA) is 93.0 Å². The van der Waals surface area contributed by atoms with Crippen molar-refractivity contribution in [2.45, 2.75) is 45.2 Å². The third-order valence-corrected chi connectivity index (χ3v) is 4.59. The first kappa shape index (κ1) is 19.6. The third-order valence-electron chi connectivity index (χ3n) is 4.59. The Bertz CT molecular complexity index is 885. The van der Waals surface area contributed by atoms with Gasteiger partial charge in [-0.05, 0) is 45.4 Å². The number of hydrogen-bond acceptors (Lipinski definition) is 6. The van der Waals surface area contributed by atoms with Crippen molar-refractivity contribution in [3.8, 4) is 0 Å². The summed E-state index contributed by atoms with van der Waals surface area (Å²) in [7, 11) is 1.29. The van der Waals surface area contributed by atoms with Gasteiger partial charge in [0.2, 0.25) is 5.91 Å². The summed E-state index contributed by atoms with van der Waals surface area (Å²) in [6.45, 7) is 5.66. The number of anilines is 2. The minimum Gasteiger partial charge on any atom is -0.465 e. The van der Waals surface area contributed by atoms with Crippen LogP contribution >= 0.6 is 0 Å². The van der Waals surface area contributed by atoms with Crippen LogP contribution in [-0.4, -0.2) is 41.6 Å². The number of nitrogens with zero attached hydrogens (tertiary/aromatic N) is 3. The van der Waals surface area contributed by atoms with Crippen molar-refractivity contribution in [2.24, 2.45) is 0 Å². The fourth-order valence-corrected chi connectivity index (χ4v) is 3.40. The van der Waals surface area contributed by atoms with Crippen molar-refractivity contribution in [1.29, 1.82) is 0 Å². The minimum atomic E-state index is -0.698. The Morgan fingerprint density at radius 2 is 2.04 bits per heavy atom. The second-order valence-electron chi connectivity index (χ2n) is 7.56. The standard InChI is InChI=1S/C20H23N3O5/c1-20(2,3)23(16-10-11-28-21-16)18(25)15-8-9-17(24)22(15)14-7-5-6-13(12-14)19(26)27-4/h5-7,10-12,15H,8-9H2,1-4H3. The lowest BCUT2D eigenvalue weighted by Crippen LogP contribution is -2.54. The quantitative estimate of drug-likeness (QED) is 0.752. The first-order valence-corrected chi connectivity index (χ1v) is 8.99. The molecule has 0 bridgehead atoms. The molecule has 2 aromatic rings. The zero-order chi connectivity index (χ0) is 20.5. The molecule has 0 radical (unpaired) electrons. The number of rotatable bonds is 4. The number of esters is 1. The van der Waals surface area contributed by atoms with Gasteiger partial charge in [-0.2, -0.15) is 0 Å². The van der Waals surface area contributed by atoms with Gasteiger partial charge in [-0.15, -0.1) is 0 Å². The normalized spacial score (nSPS) is 16.9. The molecule has 28 heavy (non-hydrogen) atoms. The molecule has 0 saturated carbocycles. The number of carbonyl (C=O) groups is 3. The highest BCUT2D eigenvalue weighted by Crippen LogP contribution is 2.32. The molecule has 3 rings (SSSR count). The van der Waals surface area contributed by atoms with Crippen molar-refractivity contribution >= 4 is 29.3 Å². The third kappa shape index (κ3) is 3.62. The van der Waals surface area contributed by atoms with Crippen LogP contribution in [0.5, 0.6) is 0 Å². The lowest BCUT2D eigenvalue weighted by atomic mass is 10.0. The fraction of sp³-hybridized carbons (Fsp3) is 0.400. The molecule has 1 unspecified atom stereocenters. The van der Waals surface area contributed by atoms with Gasteiger partial charge in [0.1, 0.15) is 12.3 Å². The van der Waals surface area contributed by atoms with E-state index in [4.69, 9.17) is 9.26 Å². The lowest BCUT2D eigenvalue weighted by molar-refractivity contribution is -0.122. The van der Waals surface area contributed by atoms with Crippen LogP contribution in [0.2, 0.25) is 0 Å². The monoisotopic (exact) mass is 385 g/mol.